The van der Waals surface area contributed by atoms with Gasteiger partial charge in [-0.3, -0.25) is 14.4 Å². The first-order valence-electron chi connectivity index (χ1n) is 9.79. The number of fused-ring (bicyclic) bond motifs is 1. The topological polar surface area (TPSA) is 87.7 Å². The zero-order valence-electron chi connectivity index (χ0n) is 16.0. The number of nitrogens with zero attached hydrogens (tertiary/aromatic N) is 1. The summed E-state index contributed by atoms with van der Waals surface area (Å²) >= 11 is 0. The lowest BCUT2D eigenvalue weighted by atomic mass is 10.1. The van der Waals surface area contributed by atoms with Crippen molar-refractivity contribution in [2.45, 2.75) is 31.8 Å². The zero-order valence-corrected chi connectivity index (χ0v) is 16.0. The number of hydrogen-bond acceptors (Lipinski definition) is 4. The quantitative estimate of drug-likeness (QED) is 0.753. The Bertz CT molecular complexity index is 922. The van der Waals surface area contributed by atoms with Crippen LogP contribution < -0.4 is 20.3 Å². The lowest BCUT2D eigenvalue weighted by Crippen LogP contribution is -2.41. The molecule has 1 heterocycles. The highest BCUT2D eigenvalue weighted by molar-refractivity contribution is 5.98. The number of nitrogens with one attached hydrogen (secondary N) is 2. The fraction of sp³-hybridized carbons (Fsp3) is 0.318. The molecule has 4 rings (SSSR count). The van der Waals surface area contributed by atoms with Gasteiger partial charge >= 0.3 is 0 Å². The second-order valence-electron chi connectivity index (χ2n) is 7.27. The van der Waals surface area contributed by atoms with Crippen molar-refractivity contribution in [3.05, 3.63) is 59.7 Å². The lowest BCUT2D eigenvalue weighted by Gasteiger charge is -2.29. The van der Waals surface area contributed by atoms with Crippen molar-refractivity contribution in [3.63, 3.8) is 0 Å². The largest absolute Gasteiger partial charge is 0.482 e. The Kier molecular flexibility index (Phi) is 5.46. The molecule has 0 aromatic heterocycles. The Labute approximate surface area is 169 Å². The molecule has 2 aromatic rings. The van der Waals surface area contributed by atoms with E-state index in [-0.39, 0.29) is 30.7 Å². The minimum absolute atomic E-state index is 0.0146. The SMILES string of the molecule is O=C(CCN1C(=O)COc2ccccc21)NCc1ccc(C(=O)NC2CC2)cc1. The Morgan fingerprint density at radius 2 is 1.83 bits per heavy atom. The molecule has 0 spiro atoms. The average Bonchev–Trinajstić information content (AvgIpc) is 3.56. The van der Waals surface area contributed by atoms with E-state index in [1.165, 1.54) is 0 Å². The van der Waals surface area contributed by atoms with Gasteiger partial charge in [-0.05, 0) is 42.7 Å². The van der Waals surface area contributed by atoms with Crippen molar-refractivity contribution in [1.29, 1.82) is 0 Å². The molecule has 1 aliphatic heterocycles. The first-order valence-corrected chi connectivity index (χ1v) is 9.79. The zero-order chi connectivity index (χ0) is 20.2. The molecular weight excluding hydrogens is 370 g/mol. The van der Waals surface area contributed by atoms with Gasteiger partial charge in [-0.2, -0.15) is 0 Å². The third-order valence-electron chi connectivity index (χ3n) is 4.99. The first-order chi connectivity index (χ1) is 14.1. The van der Waals surface area contributed by atoms with Crippen molar-refractivity contribution in [2.24, 2.45) is 0 Å². The van der Waals surface area contributed by atoms with Crippen LogP contribution in [0.3, 0.4) is 0 Å². The van der Waals surface area contributed by atoms with Gasteiger partial charge in [0.15, 0.2) is 6.61 Å². The van der Waals surface area contributed by atoms with Gasteiger partial charge in [0.05, 0.1) is 5.69 Å². The van der Waals surface area contributed by atoms with Crippen molar-refractivity contribution >= 4 is 23.4 Å². The molecule has 150 valence electrons. The summed E-state index contributed by atoms with van der Waals surface area (Å²) in [6, 6.07) is 14.8. The fourth-order valence-electron chi connectivity index (χ4n) is 3.17. The first kappa shape index (κ1) is 19.0. The average molecular weight is 393 g/mol. The minimum atomic E-state index is -0.156. The Morgan fingerprint density at radius 3 is 2.59 bits per heavy atom. The Balaban J connectivity index is 1.26. The summed E-state index contributed by atoms with van der Waals surface area (Å²) in [5, 5.41) is 5.81. The van der Waals surface area contributed by atoms with E-state index in [4.69, 9.17) is 4.74 Å². The highest BCUT2D eigenvalue weighted by Crippen LogP contribution is 2.31. The number of anilines is 1. The van der Waals surface area contributed by atoms with E-state index in [2.05, 4.69) is 10.6 Å². The van der Waals surface area contributed by atoms with E-state index in [1.807, 2.05) is 36.4 Å². The van der Waals surface area contributed by atoms with Crippen LogP contribution in [0.25, 0.3) is 0 Å². The standard InChI is InChI=1S/C22H23N3O4/c26-20(11-12-25-18-3-1-2-4-19(18)29-14-21(25)27)23-13-15-5-7-16(8-6-15)22(28)24-17-9-10-17/h1-8,17H,9-14H2,(H,23,26)(H,24,28). The maximum absolute atomic E-state index is 12.2. The van der Waals surface area contributed by atoms with Crippen LogP contribution in [0.1, 0.15) is 35.2 Å². The maximum Gasteiger partial charge on any atom is 0.265 e. The number of amides is 3. The predicted molar refractivity (Wildman–Crippen MR) is 108 cm³/mol. The summed E-state index contributed by atoms with van der Waals surface area (Å²) in [5.74, 6) is 0.297. The van der Waals surface area contributed by atoms with Gasteiger partial charge < -0.3 is 20.3 Å². The summed E-state index contributed by atoms with van der Waals surface area (Å²) in [7, 11) is 0. The van der Waals surface area contributed by atoms with E-state index in [9.17, 15) is 14.4 Å². The Morgan fingerprint density at radius 1 is 1.07 bits per heavy atom. The van der Waals surface area contributed by atoms with Crippen LogP contribution in [0, 0.1) is 0 Å². The van der Waals surface area contributed by atoms with Crippen molar-refractivity contribution in [1.82, 2.24) is 10.6 Å². The molecule has 0 saturated heterocycles. The summed E-state index contributed by atoms with van der Waals surface area (Å²) in [5.41, 5.74) is 2.22. The van der Waals surface area contributed by atoms with Crippen molar-refractivity contribution in [3.8, 4) is 5.75 Å². The predicted octanol–water partition coefficient (Wildman–Crippen LogP) is 2.01. The fourth-order valence-corrected chi connectivity index (χ4v) is 3.17. The molecule has 1 saturated carbocycles. The molecular formula is C22H23N3O4. The molecule has 1 fully saturated rings. The molecule has 0 atom stereocenters. The summed E-state index contributed by atoms with van der Waals surface area (Å²) in [4.78, 5) is 38.0. The number of rotatable bonds is 7. The van der Waals surface area contributed by atoms with Crippen molar-refractivity contribution in [2.75, 3.05) is 18.1 Å². The molecule has 2 N–H and O–H groups in total. The second-order valence-corrected chi connectivity index (χ2v) is 7.27. The van der Waals surface area contributed by atoms with Gasteiger partial charge in [-0.25, -0.2) is 0 Å². The van der Waals surface area contributed by atoms with Crippen molar-refractivity contribution < 1.29 is 19.1 Å². The van der Waals surface area contributed by atoms with E-state index in [0.717, 1.165) is 18.4 Å². The van der Waals surface area contributed by atoms with Crippen LogP contribution in [0.2, 0.25) is 0 Å². The van der Waals surface area contributed by atoms with Gasteiger partial charge in [-0.15, -0.1) is 0 Å². The molecule has 2 aliphatic rings. The highest BCUT2D eigenvalue weighted by Gasteiger charge is 2.25. The highest BCUT2D eigenvalue weighted by atomic mass is 16.5. The van der Waals surface area contributed by atoms with Crippen LogP contribution in [0.4, 0.5) is 5.69 Å². The summed E-state index contributed by atoms with van der Waals surface area (Å²) in [6.45, 7) is 0.654. The van der Waals surface area contributed by atoms with Crippen LogP contribution in [-0.2, 0) is 16.1 Å². The molecule has 0 bridgehead atoms. The molecule has 0 unspecified atom stereocenters. The third-order valence-corrected chi connectivity index (χ3v) is 4.99. The molecule has 29 heavy (non-hydrogen) atoms. The number of carbonyl (C=O) groups excluding carboxylic acids is 3. The number of ether oxygens (including phenoxy) is 1. The second kappa shape index (κ2) is 8.34. The molecule has 3 amide bonds. The number of carbonyl (C=O) groups is 3. The maximum atomic E-state index is 12.2. The third kappa shape index (κ3) is 4.74. The van der Waals surface area contributed by atoms with E-state index in [0.29, 0.717) is 36.1 Å². The number of benzene rings is 2. The van der Waals surface area contributed by atoms with Crippen LogP contribution in [0.5, 0.6) is 5.75 Å². The molecule has 1 aliphatic carbocycles. The van der Waals surface area contributed by atoms with Gasteiger partial charge in [0.1, 0.15) is 5.75 Å². The number of hydrogen-bond donors (Lipinski definition) is 2. The number of para-hydroxylation sites is 2. The van der Waals surface area contributed by atoms with E-state index >= 15 is 0 Å². The van der Waals surface area contributed by atoms with Gasteiger partial charge in [0, 0.05) is 31.1 Å². The molecule has 0 radical (unpaired) electrons. The van der Waals surface area contributed by atoms with Gasteiger partial charge in [0.25, 0.3) is 11.8 Å². The van der Waals surface area contributed by atoms with Crippen LogP contribution in [0.15, 0.2) is 48.5 Å². The minimum Gasteiger partial charge on any atom is -0.482 e. The molecule has 2 aromatic carbocycles. The smallest absolute Gasteiger partial charge is 0.265 e. The molecule has 7 nitrogen and oxygen atoms in total. The Hall–Kier alpha value is -3.35. The van der Waals surface area contributed by atoms with Crippen LogP contribution in [-0.4, -0.2) is 36.9 Å². The molecule has 7 heteroatoms. The van der Waals surface area contributed by atoms with Gasteiger partial charge in [-0.1, -0.05) is 24.3 Å². The lowest BCUT2D eigenvalue weighted by molar-refractivity contribution is -0.122. The van der Waals surface area contributed by atoms with Crippen LogP contribution >= 0.6 is 0 Å². The van der Waals surface area contributed by atoms with Gasteiger partial charge in [0.2, 0.25) is 5.91 Å². The normalized spacial score (nSPS) is 15.3. The van der Waals surface area contributed by atoms with E-state index < -0.39 is 0 Å². The monoisotopic (exact) mass is 393 g/mol. The summed E-state index contributed by atoms with van der Waals surface area (Å²) < 4.78 is 5.41. The van der Waals surface area contributed by atoms with E-state index in [1.54, 1.807) is 17.0 Å². The summed E-state index contributed by atoms with van der Waals surface area (Å²) in [6.07, 6.45) is 2.30.